The summed E-state index contributed by atoms with van der Waals surface area (Å²) >= 11 is 0. The van der Waals surface area contributed by atoms with Gasteiger partial charge in [0.25, 0.3) is 11.8 Å². The fourth-order valence-corrected chi connectivity index (χ4v) is 3.74. The maximum Gasteiger partial charge on any atom is 0.257 e. The number of hydrogen-bond acceptors (Lipinski definition) is 3. The molecule has 0 unspecified atom stereocenters. The minimum Gasteiger partial charge on any atom is -0.322 e. The molecule has 0 atom stereocenters. The fraction of sp³-hybridized carbons (Fsp3) is 0. The van der Waals surface area contributed by atoms with Crippen molar-refractivity contribution in [3.63, 3.8) is 0 Å². The van der Waals surface area contributed by atoms with Crippen molar-refractivity contribution in [2.45, 2.75) is 0 Å². The van der Waals surface area contributed by atoms with E-state index in [1.807, 2.05) is 84.9 Å². The number of benzene rings is 4. The Balaban J connectivity index is 1.28. The van der Waals surface area contributed by atoms with E-state index >= 15 is 0 Å². The number of hydrogen-bond donors (Lipinski definition) is 2. The molecule has 0 aliphatic heterocycles. The number of nitrogens with zero attached hydrogens (tertiary/aromatic N) is 1. The second-order valence-electron chi connectivity index (χ2n) is 7.81. The summed E-state index contributed by atoms with van der Waals surface area (Å²) in [5, 5.41) is 7.90. The van der Waals surface area contributed by atoms with Crippen molar-refractivity contribution >= 4 is 34.0 Å². The zero-order valence-corrected chi connectivity index (χ0v) is 18.2. The van der Waals surface area contributed by atoms with Gasteiger partial charge in [0.2, 0.25) is 0 Å². The third kappa shape index (κ3) is 4.54. The third-order valence-corrected chi connectivity index (χ3v) is 5.54. The van der Waals surface area contributed by atoms with E-state index in [0.717, 1.165) is 33.4 Å². The van der Waals surface area contributed by atoms with Gasteiger partial charge in [-0.1, -0.05) is 66.7 Å². The Bertz CT molecular complexity index is 1460. The standard InChI is InChI=1S/C29H21N3O2/c33-28(31-24-9-2-1-3-10-24)22-15-13-21(14-16-22)26-18-17-23(19-30-26)29(34)32-27-12-6-8-20-7-4-5-11-25(20)27/h1-19H,(H,31,33)(H,32,34). The predicted octanol–water partition coefficient (Wildman–Crippen LogP) is 6.41. The number of pyridine rings is 1. The summed E-state index contributed by atoms with van der Waals surface area (Å²) in [6.45, 7) is 0. The van der Waals surface area contributed by atoms with Crippen LogP contribution < -0.4 is 10.6 Å². The van der Waals surface area contributed by atoms with Crippen LogP contribution in [-0.2, 0) is 0 Å². The molecule has 0 spiro atoms. The summed E-state index contributed by atoms with van der Waals surface area (Å²) < 4.78 is 0. The maximum atomic E-state index is 12.8. The van der Waals surface area contributed by atoms with Crippen molar-refractivity contribution in [1.82, 2.24) is 4.98 Å². The summed E-state index contributed by atoms with van der Waals surface area (Å²) in [6.07, 6.45) is 1.56. The van der Waals surface area contributed by atoms with Gasteiger partial charge in [-0.15, -0.1) is 0 Å². The molecule has 0 aliphatic carbocycles. The van der Waals surface area contributed by atoms with Crippen LogP contribution in [0, 0.1) is 0 Å². The summed E-state index contributed by atoms with van der Waals surface area (Å²) in [6, 6.07) is 33.8. The number of anilines is 2. The van der Waals surface area contributed by atoms with Crippen LogP contribution in [0.1, 0.15) is 20.7 Å². The number of para-hydroxylation sites is 1. The number of amides is 2. The van der Waals surface area contributed by atoms with Crippen LogP contribution in [0.25, 0.3) is 22.0 Å². The summed E-state index contributed by atoms with van der Waals surface area (Å²) in [5.74, 6) is -0.394. The Morgan fingerprint density at radius 1 is 0.588 bits per heavy atom. The van der Waals surface area contributed by atoms with Gasteiger partial charge in [-0.25, -0.2) is 0 Å². The maximum absolute atomic E-state index is 12.8. The van der Waals surface area contributed by atoms with Gasteiger partial charge in [0.1, 0.15) is 0 Å². The van der Waals surface area contributed by atoms with Crippen molar-refractivity contribution in [3.8, 4) is 11.3 Å². The van der Waals surface area contributed by atoms with Gasteiger partial charge in [-0.05, 0) is 47.9 Å². The molecule has 0 saturated heterocycles. The monoisotopic (exact) mass is 443 g/mol. The van der Waals surface area contributed by atoms with Crippen LogP contribution in [0.4, 0.5) is 11.4 Å². The van der Waals surface area contributed by atoms with Gasteiger partial charge in [-0.2, -0.15) is 0 Å². The number of carbonyl (C=O) groups excluding carboxylic acids is 2. The molecular formula is C29H21N3O2. The SMILES string of the molecule is O=C(Nc1ccccc1)c1ccc(-c2ccc(C(=O)Nc3cccc4ccccc34)cn2)cc1. The van der Waals surface area contributed by atoms with Crippen molar-refractivity contribution < 1.29 is 9.59 Å². The molecule has 34 heavy (non-hydrogen) atoms. The normalized spacial score (nSPS) is 10.6. The lowest BCUT2D eigenvalue weighted by atomic mass is 10.1. The molecule has 5 nitrogen and oxygen atoms in total. The Morgan fingerprint density at radius 3 is 2.03 bits per heavy atom. The molecular weight excluding hydrogens is 422 g/mol. The summed E-state index contributed by atoms with van der Waals surface area (Å²) in [5.41, 5.74) is 4.11. The molecule has 0 bridgehead atoms. The van der Waals surface area contributed by atoms with Crippen LogP contribution in [-0.4, -0.2) is 16.8 Å². The smallest absolute Gasteiger partial charge is 0.257 e. The topological polar surface area (TPSA) is 71.1 Å². The zero-order chi connectivity index (χ0) is 23.3. The van der Waals surface area contributed by atoms with Crippen LogP contribution in [0.5, 0.6) is 0 Å². The van der Waals surface area contributed by atoms with E-state index in [1.54, 1.807) is 30.5 Å². The molecule has 2 N–H and O–H groups in total. The van der Waals surface area contributed by atoms with Crippen molar-refractivity contribution in [2.24, 2.45) is 0 Å². The fourth-order valence-electron chi connectivity index (χ4n) is 3.74. The van der Waals surface area contributed by atoms with E-state index < -0.39 is 0 Å². The van der Waals surface area contributed by atoms with Gasteiger partial charge < -0.3 is 10.6 Å². The van der Waals surface area contributed by atoms with E-state index in [-0.39, 0.29) is 11.8 Å². The molecule has 5 rings (SSSR count). The number of fused-ring (bicyclic) bond motifs is 1. The van der Waals surface area contributed by atoms with E-state index in [2.05, 4.69) is 15.6 Å². The van der Waals surface area contributed by atoms with Gasteiger partial charge >= 0.3 is 0 Å². The zero-order valence-electron chi connectivity index (χ0n) is 18.2. The quantitative estimate of drug-likeness (QED) is 0.330. The predicted molar refractivity (Wildman–Crippen MR) is 136 cm³/mol. The van der Waals surface area contributed by atoms with E-state index in [9.17, 15) is 9.59 Å². The Morgan fingerprint density at radius 2 is 1.26 bits per heavy atom. The van der Waals surface area contributed by atoms with Crippen LogP contribution in [0.3, 0.4) is 0 Å². The molecule has 0 aliphatic rings. The molecule has 5 heteroatoms. The summed E-state index contributed by atoms with van der Waals surface area (Å²) in [7, 11) is 0. The van der Waals surface area contributed by atoms with Crippen LogP contribution >= 0.6 is 0 Å². The van der Waals surface area contributed by atoms with E-state index in [4.69, 9.17) is 0 Å². The number of aromatic nitrogens is 1. The van der Waals surface area contributed by atoms with Gasteiger partial charge in [-0.3, -0.25) is 14.6 Å². The molecule has 0 fully saturated rings. The average molecular weight is 444 g/mol. The lowest BCUT2D eigenvalue weighted by Gasteiger charge is -2.09. The average Bonchev–Trinajstić information content (AvgIpc) is 2.90. The highest BCUT2D eigenvalue weighted by Gasteiger charge is 2.11. The van der Waals surface area contributed by atoms with Crippen molar-refractivity contribution in [3.05, 3.63) is 127 Å². The Kier molecular flexibility index (Phi) is 5.82. The van der Waals surface area contributed by atoms with Crippen molar-refractivity contribution in [1.29, 1.82) is 0 Å². The lowest BCUT2D eigenvalue weighted by Crippen LogP contribution is -2.12. The molecule has 164 valence electrons. The first kappa shape index (κ1) is 21.1. The number of rotatable bonds is 5. The summed E-state index contributed by atoms with van der Waals surface area (Å²) in [4.78, 5) is 29.7. The second-order valence-corrected chi connectivity index (χ2v) is 7.81. The van der Waals surface area contributed by atoms with E-state index in [0.29, 0.717) is 11.1 Å². The third-order valence-electron chi connectivity index (χ3n) is 5.54. The lowest BCUT2D eigenvalue weighted by molar-refractivity contribution is 0.101. The van der Waals surface area contributed by atoms with Gasteiger partial charge in [0.15, 0.2) is 0 Å². The highest BCUT2D eigenvalue weighted by molar-refractivity contribution is 6.09. The van der Waals surface area contributed by atoms with E-state index in [1.165, 1.54) is 0 Å². The first-order valence-electron chi connectivity index (χ1n) is 10.9. The first-order chi connectivity index (χ1) is 16.7. The molecule has 2 amide bonds. The second kappa shape index (κ2) is 9.38. The molecule has 1 aromatic heterocycles. The Hall–Kier alpha value is -4.77. The first-order valence-corrected chi connectivity index (χ1v) is 10.9. The highest BCUT2D eigenvalue weighted by Crippen LogP contribution is 2.24. The molecule has 5 aromatic rings. The molecule has 0 radical (unpaired) electrons. The van der Waals surface area contributed by atoms with Gasteiger partial charge in [0.05, 0.1) is 11.3 Å². The van der Waals surface area contributed by atoms with Crippen LogP contribution in [0.2, 0.25) is 0 Å². The molecule has 0 saturated carbocycles. The van der Waals surface area contributed by atoms with Gasteiger partial charge in [0, 0.05) is 34.1 Å². The van der Waals surface area contributed by atoms with Crippen molar-refractivity contribution in [2.75, 3.05) is 10.6 Å². The minimum atomic E-state index is -0.219. The molecule has 1 heterocycles. The highest BCUT2D eigenvalue weighted by atomic mass is 16.2. The number of nitrogens with one attached hydrogen (secondary N) is 2. The minimum absolute atomic E-state index is 0.175. The number of carbonyl (C=O) groups is 2. The Labute approximate surface area is 197 Å². The molecule has 4 aromatic carbocycles. The van der Waals surface area contributed by atoms with Crippen LogP contribution in [0.15, 0.2) is 115 Å². The largest absolute Gasteiger partial charge is 0.322 e.